The summed E-state index contributed by atoms with van der Waals surface area (Å²) in [5, 5.41) is 14.8. The lowest BCUT2D eigenvalue weighted by Gasteiger charge is -2.21. The van der Waals surface area contributed by atoms with E-state index in [4.69, 9.17) is 5.11 Å². The zero-order chi connectivity index (χ0) is 17.7. The first-order chi connectivity index (χ1) is 11.3. The van der Waals surface area contributed by atoms with Crippen molar-refractivity contribution in [2.45, 2.75) is 24.7 Å². The Hall–Kier alpha value is -2.84. The van der Waals surface area contributed by atoms with Gasteiger partial charge in [0.15, 0.2) is 6.04 Å². The molecule has 0 aliphatic rings. The van der Waals surface area contributed by atoms with Crippen molar-refractivity contribution in [3.05, 3.63) is 54.4 Å². The molecule has 0 radical (unpaired) electrons. The Morgan fingerprint density at radius 1 is 1.21 bits per heavy atom. The molecule has 24 heavy (non-hydrogen) atoms. The molecule has 1 amide bonds. The monoisotopic (exact) mass is 341 g/mol. The van der Waals surface area contributed by atoms with Gasteiger partial charge in [0.2, 0.25) is 5.91 Å². The molecular weight excluding hydrogens is 327 g/mol. The number of rotatable bonds is 6. The van der Waals surface area contributed by atoms with Crippen LogP contribution in [0.5, 0.6) is 0 Å². The van der Waals surface area contributed by atoms with E-state index in [1.165, 1.54) is 17.1 Å². The number of aliphatic carboxylic acids is 1. The SMILES string of the molecule is O=C(O)C(CC(F)(F)F)NC(=O)C(c1ccccc1)n1cccn1. The molecule has 0 spiro atoms. The Labute approximate surface area is 134 Å². The van der Waals surface area contributed by atoms with E-state index < -0.39 is 36.6 Å². The molecule has 6 nitrogen and oxygen atoms in total. The molecule has 2 atom stereocenters. The molecule has 2 unspecified atom stereocenters. The maximum Gasteiger partial charge on any atom is 0.391 e. The summed E-state index contributed by atoms with van der Waals surface area (Å²) in [5.74, 6) is -2.64. The van der Waals surface area contributed by atoms with Crippen molar-refractivity contribution in [3.8, 4) is 0 Å². The maximum absolute atomic E-state index is 12.5. The van der Waals surface area contributed by atoms with E-state index in [1.807, 2.05) is 5.32 Å². The van der Waals surface area contributed by atoms with Crippen LogP contribution in [0.25, 0.3) is 0 Å². The van der Waals surface area contributed by atoms with Crippen LogP contribution in [0.2, 0.25) is 0 Å². The Balaban J connectivity index is 2.26. The second-order valence-corrected chi connectivity index (χ2v) is 5.02. The Bertz CT molecular complexity index is 687. The zero-order valence-corrected chi connectivity index (χ0v) is 12.3. The molecule has 2 rings (SSSR count). The average Bonchev–Trinajstić information content (AvgIpc) is 3.00. The molecule has 2 aromatic rings. The van der Waals surface area contributed by atoms with Gasteiger partial charge in [-0.15, -0.1) is 0 Å². The highest BCUT2D eigenvalue weighted by Gasteiger charge is 2.37. The lowest BCUT2D eigenvalue weighted by Crippen LogP contribution is -2.46. The summed E-state index contributed by atoms with van der Waals surface area (Å²) in [5.41, 5.74) is 0.467. The molecule has 0 saturated carbocycles. The van der Waals surface area contributed by atoms with Crippen LogP contribution in [0, 0.1) is 0 Å². The zero-order valence-electron chi connectivity index (χ0n) is 12.3. The summed E-state index contributed by atoms with van der Waals surface area (Å²) in [6.07, 6.45) is -3.50. The summed E-state index contributed by atoms with van der Waals surface area (Å²) in [4.78, 5) is 23.5. The van der Waals surface area contributed by atoms with Crippen molar-refractivity contribution >= 4 is 11.9 Å². The van der Waals surface area contributed by atoms with Gasteiger partial charge in [0.1, 0.15) is 6.04 Å². The minimum Gasteiger partial charge on any atom is -0.480 e. The number of nitrogens with zero attached hydrogens (tertiary/aromatic N) is 2. The maximum atomic E-state index is 12.5. The Morgan fingerprint density at radius 3 is 2.38 bits per heavy atom. The highest BCUT2D eigenvalue weighted by Crippen LogP contribution is 2.23. The highest BCUT2D eigenvalue weighted by molar-refractivity contribution is 5.88. The van der Waals surface area contributed by atoms with Crippen LogP contribution in [-0.2, 0) is 9.59 Å². The van der Waals surface area contributed by atoms with Crippen LogP contribution in [-0.4, -0.2) is 39.0 Å². The summed E-state index contributed by atoms with van der Waals surface area (Å²) >= 11 is 0. The van der Waals surface area contributed by atoms with Crippen molar-refractivity contribution in [3.63, 3.8) is 0 Å². The fraction of sp³-hybridized carbons (Fsp3) is 0.267. The van der Waals surface area contributed by atoms with E-state index in [2.05, 4.69) is 5.10 Å². The van der Waals surface area contributed by atoms with Crippen molar-refractivity contribution < 1.29 is 27.9 Å². The quantitative estimate of drug-likeness (QED) is 0.842. The van der Waals surface area contributed by atoms with Crippen LogP contribution >= 0.6 is 0 Å². The largest absolute Gasteiger partial charge is 0.480 e. The van der Waals surface area contributed by atoms with Gasteiger partial charge < -0.3 is 10.4 Å². The number of nitrogens with one attached hydrogen (secondary N) is 1. The summed E-state index contributed by atoms with van der Waals surface area (Å²) in [6.45, 7) is 0. The van der Waals surface area contributed by atoms with Gasteiger partial charge in [0.05, 0.1) is 6.42 Å². The number of hydrogen-bond acceptors (Lipinski definition) is 3. The fourth-order valence-electron chi connectivity index (χ4n) is 2.18. The highest BCUT2D eigenvalue weighted by atomic mass is 19.4. The van der Waals surface area contributed by atoms with Gasteiger partial charge in [-0.25, -0.2) is 4.79 Å². The molecule has 0 fully saturated rings. The summed E-state index contributed by atoms with van der Waals surface area (Å²) in [7, 11) is 0. The lowest BCUT2D eigenvalue weighted by molar-refractivity contribution is -0.160. The predicted octanol–water partition coefficient (Wildman–Crippen LogP) is 1.99. The molecule has 0 saturated heterocycles. The van der Waals surface area contributed by atoms with Crippen molar-refractivity contribution in [1.29, 1.82) is 0 Å². The number of amides is 1. The normalized spacial score (nSPS) is 14.0. The first kappa shape index (κ1) is 17.5. The molecule has 0 aliphatic carbocycles. The van der Waals surface area contributed by atoms with E-state index in [1.54, 1.807) is 36.4 Å². The van der Waals surface area contributed by atoms with Crippen molar-refractivity contribution in [1.82, 2.24) is 15.1 Å². The predicted molar refractivity (Wildman–Crippen MR) is 77.0 cm³/mol. The number of benzene rings is 1. The van der Waals surface area contributed by atoms with Gasteiger partial charge in [0.25, 0.3) is 0 Å². The number of halogens is 3. The van der Waals surface area contributed by atoms with Crippen LogP contribution in [0.1, 0.15) is 18.0 Å². The Morgan fingerprint density at radius 2 is 1.88 bits per heavy atom. The topological polar surface area (TPSA) is 84.2 Å². The number of alkyl halides is 3. The molecule has 0 bridgehead atoms. The lowest BCUT2D eigenvalue weighted by atomic mass is 10.1. The molecule has 1 aromatic carbocycles. The minimum absolute atomic E-state index is 0.467. The number of carbonyl (C=O) groups excluding carboxylic acids is 1. The standard InChI is InChI=1S/C15H14F3N3O3/c16-15(17,18)9-11(14(23)24)20-13(22)12(21-8-4-7-19-21)10-5-2-1-3-6-10/h1-8,11-12H,9H2,(H,20,22)(H,23,24). The smallest absolute Gasteiger partial charge is 0.391 e. The molecule has 1 heterocycles. The third kappa shape index (κ3) is 4.58. The molecule has 9 heteroatoms. The van der Waals surface area contributed by atoms with Crippen LogP contribution in [0.15, 0.2) is 48.8 Å². The third-order valence-corrected chi connectivity index (χ3v) is 3.20. The van der Waals surface area contributed by atoms with E-state index in [-0.39, 0.29) is 0 Å². The molecule has 0 aliphatic heterocycles. The third-order valence-electron chi connectivity index (χ3n) is 3.20. The molecule has 2 N–H and O–H groups in total. The van der Waals surface area contributed by atoms with Crippen LogP contribution in [0.3, 0.4) is 0 Å². The van der Waals surface area contributed by atoms with Gasteiger partial charge in [-0.3, -0.25) is 9.48 Å². The Kier molecular flexibility index (Phi) is 5.22. The van der Waals surface area contributed by atoms with Gasteiger partial charge in [0, 0.05) is 12.4 Å². The van der Waals surface area contributed by atoms with E-state index in [0.717, 1.165) is 0 Å². The average molecular weight is 341 g/mol. The van der Waals surface area contributed by atoms with E-state index >= 15 is 0 Å². The van der Waals surface area contributed by atoms with E-state index in [0.29, 0.717) is 5.56 Å². The van der Waals surface area contributed by atoms with Gasteiger partial charge in [-0.05, 0) is 11.6 Å². The van der Waals surface area contributed by atoms with Gasteiger partial charge >= 0.3 is 12.1 Å². The van der Waals surface area contributed by atoms with Crippen molar-refractivity contribution in [2.24, 2.45) is 0 Å². The number of carboxylic acid groups (broad SMARTS) is 1. The molecule has 1 aromatic heterocycles. The second kappa shape index (κ2) is 7.16. The first-order valence-corrected chi connectivity index (χ1v) is 6.92. The number of carboxylic acids is 1. The van der Waals surface area contributed by atoms with E-state index in [9.17, 15) is 22.8 Å². The van der Waals surface area contributed by atoms with Gasteiger partial charge in [-0.1, -0.05) is 30.3 Å². The van der Waals surface area contributed by atoms with Crippen LogP contribution in [0.4, 0.5) is 13.2 Å². The minimum atomic E-state index is -4.72. The molecular formula is C15H14F3N3O3. The molecule has 128 valence electrons. The number of aromatic nitrogens is 2. The second-order valence-electron chi connectivity index (χ2n) is 5.02. The number of hydrogen-bond donors (Lipinski definition) is 2. The number of carbonyl (C=O) groups is 2. The van der Waals surface area contributed by atoms with Gasteiger partial charge in [-0.2, -0.15) is 18.3 Å². The first-order valence-electron chi connectivity index (χ1n) is 6.92. The fourth-order valence-corrected chi connectivity index (χ4v) is 2.18. The van der Waals surface area contributed by atoms with Crippen LogP contribution < -0.4 is 5.32 Å². The van der Waals surface area contributed by atoms with Crippen molar-refractivity contribution in [2.75, 3.05) is 0 Å². The summed E-state index contributed by atoms with van der Waals surface area (Å²) < 4.78 is 38.7. The summed E-state index contributed by atoms with van der Waals surface area (Å²) in [6, 6.07) is 6.64.